The van der Waals surface area contributed by atoms with E-state index >= 15 is 0 Å². The van der Waals surface area contributed by atoms with Gasteiger partial charge in [0.05, 0.1) is 12.2 Å². The van der Waals surface area contributed by atoms with Gasteiger partial charge in [-0.1, -0.05) is 24.3 Å². The number of hydrogen-bond acceptors (Lipinski definition) is 2. The highest BCUT2D eigenvalue weighted by molar-refractivity contribution is 5.99. The van der Waals surface area contributed by atoms with Gasteiger partial charge < -0.3 is 5.32 Å². The van der Waals surface area contributed by atoms with Crippen molar-refractivity contribution in [2.75, 3.05) is 0 Å². The number of benzene rings is 2. The summed E-state index contributed by atoms with van der Waals surface area (Å²) in [5.74, 6) is -0.0728. The lowest BCUT2D eigenvalue weighted by atomic mass is 10.0. The predicted octanol–water partition coefficient (Wildman–Crippen LogP) is 4.80. The lowest BCUT2D eigenvalue weighted by Gasteiger charge is -2.14. The second kappa shape index (κ2) is 7.16. The zero-order valence-corrected chi connectivity index (χ0v) is 16.0. The van der Waals surface area contributed by atoms with E-state index in [2.05, 4.69) is 41.6 Å². The molecule has 1 unspecified atom stereocenters. The molecule has 1 amide bonds. The SMILES string of the molecule is C/C=C(\C)c1ccc2cc(C(=O)NC(C)c3cnn(C)c3C)ccc2c1. The quantitative estimate of drug-likeness (QED) is 0.737. The molecule has 1 N–H and O–H groups in total. The minimum Gasteiger partial charge on any atom is -0.345 e. The number of allylic oxidation sites excluding steroid dienone is 2. The number of amides is 1. The Hall–Kier alpha value is -2.88. The van der Waals surface area contributed by atoms with Crippen molar-refractivity contribution in [3.05, 3.63) is 71.1 Å². The van der Waals surface area contributed by atoms with Gasteiger partial charge in [-0.15, -0.1) is 0 Å². The molecule has 0 aliphatic heterocycles. The molecule has 0 aliphatic carbocycles. The molecule has 3 rings (SSSR count). The Morgan fingerprint density at radius 2 is 1.77 bits per heavy atom. The largest absolute Gasteiger partial charge is 0.345 e. The van der Waals surface area contributed by atoms with Crippen LogP contribution in [0.2, 0.25) is 0 Å². The molecule has 134 valence electrons. The van der Waals surface area contributed by atoms with Crippen molar-refractivity contribution in [1.29, 1.82) is 0 Å². The van der Waals surface area contributed by atoms with E-state index in [1.54, 1.807) is 0 Å². The van der Waals surface area contributed by atoms with E-state index < -0.39 is 0 Å². The van der Waals surface area contributed by atoms with Gasteiger partial charge in [-0.25, -0.2) is 0 Å². The van der Waals surface area contributed by atoms with E-state index in [9.17, 15) is 4.79 Å². The van der Waals surface area contributed by atoms with E-state index in [-0.39, 0.29) is 11.9 Å². The average Bonchev–Trinajstić information content (AvgIpc) is 2.99. The monoisotopic (exact) mass is 347 g/mol. The Labute approximate surface area is 154 Å². The summed E-state index contributed by atoms with van der Waals surface area (Å²) in [5.41, 5.74) is 5.21. The van der Waals surface area contributed by atoms with Crippen LogP contribution in [0, 0.1) is 6.92 Å². The summed E-state index contributed by atoms with van der Waals surface area (Å²) < 4.78 is 1.82. The van der Waals surface area contributed by atoms with Crippen LogP contribution in [0.25, 0.3) is 16.3 Å². The zero-order chi connectivity index (χ0) is 18.8. The van der Waals surface area contributed by atoms with Crippen LogP contribution in [0.3, 0.4) is 0 Å². The van der Waals surface area contributed by atoms with Crippen LogP contribution >= 0.6 is 0 Å². The van der Waals surface area contributed by atoms with Crippen molar-refractivity contribution in [3.63, 3.8) is 0 Å². The van der Waals surface area contributed by atoms with Crippen molar-refractivity contribution in [2.24, 2.45) is 7.05 Å². The molecule has 0 saturated heterocycles. The number of nitrogens with one attached hydrogen (secondary N) is 1. The van der Waals surface area contributed by atoms with E-state index in [1.165, 1.54) is 11.1 Å². The summed E-state index contributed by atoms with van der Waals surface area (Å²) in [7, 11) is 1.90. The fourth-order valence-corrected chi connectivity index (χ4v) is 3.10. The molecule has 0 bridgehead atoms. The number of carbonyl (C=O) groups is 1. The Balaban J connectivity index is 1.83. The number of aromatic nitrogens is 2. The van der Waals surface area contributed by atoms with Gasteiger partial charge in [0, 0.05) is 23.9 Å². The number of carbonyl (C=O) groups excluding carboxylic acids is 1. The van der Waals surface area contributed by atoms with Gasteiger partial charge >= 0.3 is 0 Å². The number of rotatable bonds is 4. The minimum atomic E-state index is -0.0911. The Kier molecular flexibility index (Phi) is 4.94. The fraction of sp³-hybridized carbons (Fsp3) is 0.273. The molecule has 1 atom stereocenters. The van der Waals surface area contributed by atoms with Gasteiger partial charge in [0.2, 0.25) is 0 Å². The van der Waals surface area contributed by atoms with Gasteiger partial charge in [-0.3, -0.25) is 9.48 Å². The van der Waals surface area contributed by atoms with E-state index in [0.717, 1.165) is 22.0 Å². The maximum absolute atomic E-state index is 12.7. The maximum atomic E-state index is 12.7. The van der Waals surface area contributed by atoms with Crippen LogP contribution in [0.5, 0.6) is 0 Å². The summed E-state index contributed by atoms with van der Waals surface area (Å²) in [6, 6.07) is 12.1. The van der Waals surface area contributed by atoms with Crippen LogP contribution in [-0.4, -0.2) is 15.7 Å². The lowest BCUT2D eigenvalue weighted by Crippen LogP contribution is -2.26. The Bertz CT molecular complexity index is 998. The highest BCUT2D eigenvalue weighted by atomic mass is 16.1. The number of aryl methyl sites for hydroxylation is 1. The third-order valence-electron chi connectivity index (χ3n) is 5.08. The highest BCUT2D eigenvalue weighted by Crippen LogP contribution is 2.23. The molecular formula is C22H25N3O. The predicted molar refractivity (Wildman–Crippen MR) is 107 cm³/mol. The summed E-state index contributed by atoms with van der Waals surface area (Å²) in [5, 5.41) is 9.52. The van der Waals surface area contributed by atoms with Crippen LogP contribution in [0.4, 0.5) is 0 Å². The first-order valence-electron chi connectivity index (χ1n) is 8.87. The van der Waals surface area contributed by atoms with E-state index in [4.69, 9.17) is 0 Å². The lowest BCUT2D eigenvalue weighted by molar-refractivity contribution is 0.0940. The minimum absolute atomic E-state index is 0.0728. The molecule has 1 heterocycles. The second-order valence-corrected chi connectivity index (χ2v) is 6.75. The first-order valence-corrected chi connectivity index (χ1v) is 8.87. The van der Waals surface area contributed by atoms with E-state index in [0.29, 0.717) is 5.56 Å². The van der Waals surface area contributed by atoms with Crippen molar-refractivity contribution >= 4 is 22.3 Å². The van der Waals surface area contributed by atoms with Gasteiger partial charge in [0.1, 0.15) is 0 Å². The number of hydrogen-bond donors (Lipinski definition) is 1. The third-order valence-corrected chi connectivity index (χ3v) is 5.08. The van der Waals surface area contributed by atoms with Gasteiger partial charge in [-0.2, -0.15) is 5.10 Å². The Morgan fingerprint density at radius 1 is 1.15 bits per heavy atom. The zero-order valence-electron chi connectivity index (χ0n) is 16.0. The fourth-order valence-electron chi connectivity index (χ4n) is 3.10. The summed E-state index contributed by atoms with van der Waals surface area (Å²) in [4.78, 5) is 12.7. The summed E-state index contributed by atoms with van der Waals surface area (Å²) in [6.45, 7) is 8.13. The first-order chi connectivity index (χ1) is 12.4. The molecule has 0 radical (unpaired) electrons. The standard InChI is InChI=1S/C22H25N3O/c1-6-14(2)17-7-8-19-12-20(10-9-18(19)11-17)22(26)24-15(3)21-13-23-25(5)16(21)4/h6-13,15H,1-5H3,(H,24,26)/b14-6+. The Morgan fingerprint density at radius 3 is 2.35 bits per heavy atom. The maximum Gasteiger partial charge on any atom is 0.251 e. The molecule has 0 saturated carbocycles. The highest BCUT2D eigenvalue weighted by Gasteiger charge is 2.16. The van der Waals surface area contributed by atoms with Crippen molar-refractivity contribution in [3.8, 4) is 0 Å². The van der Waals surface area contributed by atoms with Gasteiger partial charge in [0.25, 0.3) is 5.91 Å². The molecule has 26 heavy (non-hydrogen) atoms. The summed E-state index contributed by atoms with van der Waals surface area (Å²) in [6.07, 6.45) is 3.91. The van der Waals surface area contributed by atoms with Gasteiger partial charge in [-0.05, 0) is 67.8 Å². The normalized spacial score (nSPS) is 13.0. The number of nitrogens with zero attached hydrogens (tertiary/aromatic N) is 2. The number of fused-ring (bicyclic) bond motifs is 1. The van der Waals surface area contributed by atoms with Crippen molar-refractivity contribution in [1.82, 2.24) is 15.1 Å². The average molecular weight is 347 g/mol. The molecule has 3 aromatic rings. The van der Waals surface area contributed by atoms with Crippen molar-refractivity contribution in [2.45, 2.75) is 33.7 Å². The van der Waals surface area contributed by atoms with Crippen LogP contribution < -0.4 is 5.32 Å². The molecule has 0 spiro atoms. The van der Waals surface area contributed by atoms with Crippen LogP contribution in [0.1, 0.15) is 54.0 Å². The topological polar surface area (TPSA) is 46.9 Å². The van der Waals surface area contributed by atoms with Crippen LogP contribution in [-0.2, 0) is 7.05 Å². The second-order valence-electron chi connectivity index (χ2n) is 6.75. The summed E-state index contributed by atoms with van der Waals surface area (Å²) >= 11 is 0. The molecule has 2 aromatic carbocycles. The smallest absolute Gasteiger partial charge is 0.251 e. The molecule has 0 aliphatic rings. The van der Waals surface area contributed by atoms with Gasteiger partial charge in [0.15, 0.2) is 0 Å². The van der Waals surface area contributed by atoms with Crippen molar-refractivity contribution < 1.29 is 4.79 Å². The molecule has 4 heteroatoms. The first kappa shape index (κ1) is 17.9. The molecule has 4 nitrogen and oxygen atoms in total. The van der Waals surface area contributed by atoms with E-state index in [1.807, 2.05) is 56.9 Å². The van der Waals surface area contributed by atoms with Crippen LogP contribution in [0.15, 0.2) is 48.7 Å². The molecular weight excluding hydrogens is 322 g/mol. The molecule has 0 fully saturated rings. The molecule has 1 aromatic heterocycles. The third kappa shape index (κ3) is 3.40.